The summed E-state index contributed by atoms with van der Waals surface area (Å²) < 4.78 is 0. The molecule has 0 radical (unpaired) electrons. The lowest BCUT2D eigenvalue weighted by Gasteiger charge is -2.06. The number of para-hydroxylation sites is 1. The summed E-state index contributed by atoms with van der Waals surface area (Å²) in [7, 11) is 0. The van der Waals surface area contributed by atoms with Crippen LogP contribution >= 0.6 is 0 Å². The Balaban J connectivity index is 2.02. The molecule has 0 spiro atoms. The predicted molar refractivity (Wildman–Crippen MR) is 87.8 cm³/mol. The third-order valence-electron chi connectivity index (χ3n) is 3.84. The van der Waals surface area contributed by atoms with Gasteiger partial charge in [-0.2, -0.15) is 0 Å². The highest BCUT2D eigenvalue weighted by Gasteiger charge is 2.16. The fourth-order valence-corrected chi connectivity index (χ4v) is 2.60. The topological polar surface area (TPSA) is 129 Å². The van der Waals surface area contributed by atoms with Crippen molar-refractivity contribution in [1.82, 2.24) is 9.97 Å². The second-order valence-electron chi connectivity index (χ2n) is 5.43. The van der Waals surface area contributed by atoms with Crippen molar-refractivity contribution in [1.29, 1.82) is 0 Å². The van der Waals surface area contributed by atoms with E-state index in [4.69, 9.17) is 15.9 Å². The fourth-order valence-electron chi connectivity index (χ4n) is 2.60. The van der Waals surface area contributed by atoms with Gasteiger partial charge in [-0.3, -0.25) is 9.78 Å². The van der Waals surface area contributed by atoms with Gasteiger partial charge in [0, 0.05) is 29.8 Å². The Labute approximate surface area is 136 Å². The van der Waals surface area contributed by atoms with E-state index in [2.05, 4.69) is 9.97 Å². The van der Waals surface area contributed by atoms with Gasteiger partial charge in [0.1, 0.15) is 6.04 Å². The van der Waals surface area contributed by atoms with Gasteiger partial charge in [-0.05, 0) is 17.7 Å². The molecule has 122 valence electrons. The van der Waals surface area contributed by atoms with Crippen molar-refractivity contribution in [3.8, 4) is 11.3 Å². The van der Waals surface area contributed by atoms with E-state index in [0.29, 0.717) is 5.69 Å². The molecule has 7 nitrogen and oxygen atoms in total. The second kappa shape index (κ2) is 6.13. The number of carboxylic acids is 2. The van der Waals surface area contributed by atoms with Crippen LogP contribution in [0.3, 0.4) is 0 Å². The van der Waals surface area contributed by atoms with Crippen LogP contribution in [-0.4, -0.2) is 38.2 Å². The number of nitrogens with one attached hydrogen (secondary N) is 1. The lowest BCUT2D eigenvalue weighted by molar-refractivity contribution is -0.138. The smallest absolute Gasteiger partial charge is 0.337 e. The number of nitrogens with two attached hydrogens (primary N) is 1. The summed E-state index contributed by atoms with van der Waals surface area (Å²) in [6, 6.07) is 7.75. The molecule has 0 bridgehead atoms. The van der Waals surface area contributed by atoms with E-state index in [1.807, 2.05) is 18.2 Å². The minimum Gasteiger partial charge on any atom is -0.480 e. The van der Waals surface area contributed by atoms with Crippen molar-refractivity contribution in [2.45, 2.75) is 12.5 Å². The van der Waals surface area contributed by atoms with Gasteiger partial charge in [0.15, 0.2) is 0 Å². The molecule has 0 saturated heterocycles. The fraction of sp³-hybridized carbons (Fsp3) is 0.118. The summed E-state index contributed by atoms with van der Waals surface area (Å²) in [6.45, 7) is 0. The minimum absolute atomic E-state index is 0.116. The van der Waals surface area contributed by atoms with Gasteiger partial charge in [0.25, 0.3) is 0 Å². The summed E-state index contributed by atoms with van der Waals surface area (Å²) in [5.74, 6) is -2.08. The van der Waals surface area contributed by atoms with E-state index >= 15 is 0 Å². The first-order chi connectivity index (χ1) is 11.5. The average Bonchev–Trinajstić information content (AvgIpc) is 2.98. The van der Waals surface area contributed by atoms with Crippen LogP contribution in [0.15, 0.2) is 42.7 Å². The van der Waals surface area contributed by atoms with Crippen LogP contribution in [0.1, 0.15) is 15.9 Å². The van der Waals surface area contributed by atoms with Crippen molar-refractivity contribution >= 4 is 22.8 Å². The maximum Gasteiger partial charge on any atom is 0.337 e. The highest BCUT2D eigenvalue weighted by Crippen LogP contribution is 2.29. The lowest BCUT2D eigenvalue weighted by Crippen LogP contribution is -2.32. The Hall–Kier alpha value is -3.19. The molecule has 7 heteroatoms. The Bertz CT molecular complexity index is 915. The minimum atomic E-state index is -1.05. The van der Waals surface area contributed by atoms with Crippen LogP contribution in [0, 0.1) is 0 Å². The molecule has 0 amide bonds. The molecule has 0 fully saturated rings. The van der Waals surface area contributed by atoms with Crippen molar-refractivity contribution in [2.75, 3.05) is 0 Å². The van der Waals surface area contributed by atoms with Crippen LogP contribution in [0.4, 0.5) is 0 Å². The lowest BCUT2D eigenvalue weighted by atomic mass is 10.0. The number of nitrogens with zero attached hydrogens (tertiary/aromatic N) is 1. The van der Waals surface area contributed by atoms with Gasteiger partial charge in [0.2, 0.25) is 0 Å². The standard InChI is InChI=1S/C17H15N3O4/c18-13(17(23)24)6-10-8-20-15-11(10)2-1-3-12(15)14-5-4-9(7-19-14)16(21)22/h1-5,7-8,13,20H,6,18H2,(H,21,22)(H,23,24)/t13-/m0/s1. The van der Waals surface area contributed by atoms with Gasteiger partial charge in [0.05, 0.1) is 16.8 Å². The van der Waals surface area contributed by atoms with E-state index < -0.39 is 18.0 Å². The normalized spacial score (nSPS) is 12.2. The van der Waals surface area contributed by atoms with Crippen LogP contribution in [-0.2, 0) is 11.2 Å². The highest BCUT2D eigenvalue weighted by atomic mass is 16.4. The Kier molecular flexibility index (Phi) is 4.01. The molecule has 24 heavy (non-hydrogen) atoms. The third kappa shape index (κ3) is 2.84. The molecule has 1 atom stereocenters. The third-order valence-corrected chi connectivity index (χ3v) is 3.84. The number of aromatic nitrogens is 2. The molecular weight excluding hydrogens is 310 g/mol. The maximum absolute atomic E-state index is 10.9. The molecule has 2 aromatic heterocycles. The van der Waals surface area contributed by atoms with Crippen LogP contribution in [0.2, 0.25) is 0 Å². The number of aromatic amines is 1. The van der Waals surface area contributed by atoms with Crippen molar-refractivity contribution in [3.05, 3.63) is 53.9 Å². The first-order valence-corrected chi connectivity index (χ1v) is 7.24. The first-order valence-electron chi connectivity index (χ1n) is 7.24. The van der Waals surface area contributed by atoms with E-state index in [1.54, 1.807) is 12.3 Å². The number of aromatic carboxylic acids is 1. The SMILES string of the molecule is N[C@@H](Cc1c[nH]c2c(-c3ccc(C(=O)O)cn3)cccc12)C(=O)O. The molecule has 0 saturated carbocycles. The van der Waals surface area contributed by atoms with Crippen LogP contribution < -0.4 is 5.73 Å². The van der Waals surface area contributed by atoms with E-state index in [-0.39, 0.29) is 12.0 Å². The van der Waals surface area contributed by atoms with Gasteiger partial charge >= 0.3 is 11.9 Å². The molecular formula is C17H15N3O4. The molecule has 0 aliphatic heterocycles. The number of carboxylic acid groups (broad SMARTS) is 2. The van der Waals surface area contributed by atoms with E-state index in [0.717, 1.165) is 22.0 Å². The number of aliphatic carboxylic acids is 1. The van der Waals surface area contributed by atoms with Crippen molar-refractivity contribution in [2.24, 2.45) is 5.73 Å². The molecule has 2 heterocycles. The number of hydrogen-bond donors (Lipinski definition) is 4. The van der Waals surface area contributed by atoms with Crippen molar-refractivity contribution in [3.63, 3.8) is 0 Å². The molecule has 3 aromatic rings. The Morgan fingerprint density at radius 3 is 2.62 bits per heavy atom. The molecule has 3 rings (SSSR count). The van der Waals surface area contributed by atoms with Crippen molar-refractivity contribution < 1.29 is 19.8 Å². The summed E-state index contributed by atoms with van der Waals surface area (Å²) in [5, 5.41) is 18.8. The number of hydrogen-bond acceptors (Lipinski definition) is 4. The van der Waals surface area contributed by atoms with Gasteiger partial charge in [-0.25, -0.2) is 4.79 Å². The summed E-state index contributed by atoms with van der Waals surface area (Å²) >= 11 is 0. The quantitative estimate of drug-likeness (QED) is 0.567. The number of pyridine rings is 1. The number of carbonyl (C=O) groups is 2. The molecule has 1 aromatic carbocycles. The Morgan fingerprint density at radius 2 is 2.00 bits per heavy atom. The van der Waals surface area contributed by atoms with Gasteiger partial charge in [-0.1, -0.05) is 18.2 Å². The zero-order valence-corrected chi connectivity index (χ0v) is 12.6. The number of H-pyrrole nitrogens is 1. The highest BCUT2D eigenvalue weighted by molar-refractivity contribution is 5.96. The number of fused-ring (bicyclic) bond motifs is 1. The average molecular weight is 325 g/mol. The zero-order valence-electron chi connectivity index (χ0n) is 12.6. The van der Waals surface area contributed by atoms with E-state index in [9.17, 15) is 9.59 Å². The first kappa shape index (κ1) is 15.7. The summed E-state index contributed by atoms with van der Waals surface area (Å²) in [5.41, 5.74) is 8.77. The second-order valence-corrected chi connectivity index (χ2v) is 5.43. The van der Waals surface area contributed by atoms with Gasteiger partial charge in [-0.15, -0.1) is 0 Å². The summed E-state index contributed by atoms with van der Waals surface area (Å²) in [4.78, 5) is 29.2. The Morgan fingerprint density at radius 1 is 1.21 bits per heavy atom. The zero-order chi connectivity index (χ0) is 17.3. The monoisotopic (exact) mass is 325 g/mol. The molecule has 0 aliphatic rings. The molecule has 0 unspecified atom stereocenters. The van der Waals surface area contributed by atoms with Crippen LogP contribution in [0.5, 0.6) is 0 Å². The molecule has 5 N–H and O–H groups in total. The number of benzene rings is 1. The van der Waals surface area contributed by atoms with Crippen LogP contribution in [0.25, 0.3) is 22.2 Å². The number of rotatable bonds is 5. The largest absolute Gasteiger partial charge is 0.480 e. The van der Waals surface area contributed by atoms with E-state index in [1.165, 1.54) is 12.3 Å². The maximum atomic E-state index is 10.9. The van der Waals surface area contributed by atoms with Gasteiger partial charge < -0.3 is 20.9 Å². The predicted octanol–water partition coefficient (Wildman–Crippen LogP) is 1.88. The summed E-state index contributed by atoms with van der Waals surface area (Å²) in [6.07, 6.45) is 3.26. The molecule has 0 aliphatic carbocycles.